The third-order valence-electron chi connectivity index (χ3n) is 4.03. The van der Waals surface area contributed by atoms with Gasteiger partial charge in [0.15, 0.2) is 0 Å². The molecular weight excluding hydrogens is 290 g/mol. The highest BCUT2D eigenvalue weighted by Gasteiger charge is 2.28. The van der Waals surface area contributed by atoms with Crippen molar-refractivity contribution in [1.29, 1.82) is 0 Å². The van der Waals surface area contributed by atoms with E-state index in [1.54, 1.807) is 6.07 Å². The molecule has 0 radical (unpaired) electrons. The van der Waals surface area contributed by atoms with Gasteiger partial charge in [-0.05, 0) is 30.9 Å². The van der Waals surface area contributed by atoms with Crippen LogP contribution in [0.2, 0.25) is 5.02 Å². The quantitative estimate of drug-likeness (QED) is 0.790. The van der Waals surface area contributed by atoms with Gasteiger partial charge >= 0.3 is 0 Å². The van der Waals surface area contributed by atoms with Crippen LogP contribution in [0, 0.1) is 5.92 Å². The molecule has 6 heteroatoms. The van der Waals surface area contributed by atoms with Crippen LogP contribution >= 0.6 is 11.6 Å². The summed E-state index contributed by atoms with van der Waals surface area (Å²) in [5.41, 5.74) is 8.19. The van der Waals surface area contributed by atoms with Crippen molar-refractivity contribution >= 4 is 28.9 Å². The molecular formula is C15H20ClN3O2. The molecule has 1 aliphatic carbocycles. The summed E-state index contributed by atoms with van der Waals surface area (Å²) < 4.78 is 5.64. The van der Waals surface area contributed by atoms with Gasteiger partial charge in [-0.1, -0.05) is 11.6 Å². The molecule has 0 spiro atoms. The van der Waals surface area contributed by atoms with Gasteiger partial charge in [-0.3, -0.25) is 4.79 Å². The lowest BCUT2D eigenvalue weighted by Crippen LogP contribution is -2.23. The van der Waals surface area contributed by atoms with E-state index in [4.69, 9.17) is 22.1 Å². The zero-order valence-corrected chi connectivity index (χ0v) is 12.8. The number of rotatable bonds is 6. The maximum absolute atomic E-state index is 11.6. The van der Waals surface area contributed by atoms with Gasteiger partial charge in [-0.15, -0.1) is 0 Å². The highest BCUT2D eigenvalue weighted by Crippen LogP contribution is 2.37. The van der Waals surface area contributed by atoms with Crippen LogP contribution in [-0.4, -0.2) is 32.7 Å². The lowest BCUT2D eigenvalue weighted by Gasteiger charge is -2.21. The van der Waals surface area contributed by atoms with E-state index in [1.807, 2.05) is 18.0 Å². The number of halogens is 1. The third kappa shape index (κ3) is 3.15. The minimum atomic E-state index is -0.626. The number of carbonyl (C=O) groups is 1. The minimum absolute atomic E-state index is 0.186. The molecule has 3 rings (SSSR count). The molecule has 1 aliphatic heterocycles. The Balaban J connectivity index is 1.64. The fourth-order valence-electron chi connectivity index (χ4n) is 2.44. The molecule has 1 atom stereocenters. The summed E-state index contributed by atoms with van der Waals surface area (Å²) in [5, 5.41) is 3.38. The van der Waals surface area contributed by atoms with E-state index in [-0.39, 0.29) is 5.91 Å². The largest absolute Gasteiger partial charge is 0.379 e. The summed E-state index contributed by atoms with van der Waals surface area (Å²) in [6.45, 7) is 2.29. The van der Waals surface area contributed by atoms with Gasteiger partial charge in [-0.25, -0.2) is 0 Å². The van der Waals surface area contributed by atoms with E-state index in [9.17, 15) is 4.79 Å². The standard InChI is InChI=1S/C15H20ClN3O2/c1-19(4-5-21-8-9-2-3-9)13-7-12-10(6-11(13)16)14(17)15(20)18-12/h6-7,9,14H,2-5,8,17H2,1H3,(H,18,20). The third-order valence-corrected chi connectivity index (χ3v) is 4.33. The minimum Gasteiger partial charge on any atom is -0.379 e. The molecule has 0 aromatic heterocycles. The van der Waals surface area contributed by atoms with Crippen molar-refractivity contribution in [3.8, 4) is 0 Å². The maximum Gasteiger partial charge on any atom is 0.245 e. The second-order valence-electron chi connectivity index (χ2n) is 5.80. The molecule has 114 valence electrons. The molecule has 5 nitrogen and oxygen atoms in total. The first-order valence-electron chi connectivity index (χ1n) is 7.25. The number of nitrogens with two attached hydrogens (primary N) is 1. The summed E-state index contributed by atoms with van der Waals surface area (Å²) >= 11 is 6.31. The lowest BCUT2D eigenvalue weighted by molar-refractivity contribution is -0.116. The fraction of sp³-hybridized carbons (Fsp3) is 0.533. The highest BCUT2D eigenvalue weighted by atomic mass is 35.5. The van der Waals surface area contributed by atoms with Crippen molar-refractivity contribution in [2.24, 2.45) is 11.7 Å². The van der Waals surface area contributed by atoms with Gasteiger partial charge in [0, 0.05) is 31.5 Å². The van der Waals surface area contributed by atoms with Crippen LogP contribution in [0.1, 0.15) is 24.4 Å². The van der Waals surface area contributed by atoms with Gasteiger partial charge in [0.2, 0.25) is 5.91 Å². The van der Waals surface area contributed by atoms with Crippen molar-refractivity contribution in [3.63, 3.8) is 0 Å². The SMILES string of the molecule is CN(CCOCC1CC1)c1cc2c(cc1Cl)C(N)C(=O)N2. The molecule has 0 bridgehead atoms. The van der Waals surface area contributed by atoms with Gasteiger partial charge < -0.3 is 20.7 Å². The zero-order valence-electron chi connectivity index (χ0n) is 12.1. The molecule has 1 amide bonds. The Hall–Kier alpha value is -1.30. The summed E-state index contributed by atoms with van der Waals surface area (Å²) in [7, 11) is 1.96. The molecule has 0 saturated heterocycles. The predicted octanol–water partition coefficient (Wildman–Crippen LogP) is 2.15. The molecule has 1 aromatic carbocycles. The Labute approximate surface area is 129 Å². The average molecular weight is 310 g/mol. The average Bonchev–Trinajstić information content (AvgIpc) is 3.23. The van der Waals surface area contributed by atoms with Crippen LogP contribution in [0.4, 0.5) is 11.4 Å². The number of benzene rings is 1. The summed E-state index contributed by atoms with van der Waals surface area (Å²) in [6.07, 6.45) is 2.60. The number of fused-ring (bicyclic) bond motifs is 1. The van der Waals surface area contributed by atoms with Gasteiger partial charge in [-0.2, -0.15) is 0 Å². The van der Waals surface area contributed by atoms with Crippen LogP contribution in [0.5, 0.6) is 0 Å². The van der Waals surface area contributed by atoms with Gasteiger partial charge in [0.25, 0.3) is 0 Å². The number of carbonyl (C=O) groups excluding carboxylic acids is 1. The summed E-state index contributed by atoms with van der Waals surface area (Å²) in [5.74, 6) is 0.587. The Morgan fingerprint density at radius 3 is 2.95 bits per heavy atom. The topological polar surface area (TPSA) is 67.6 Å². The molecule has 1 aromatic rings. The number of likely N-dealkylation sites (N-methyl/N-ethyl adjacent to an activating group) is 1. The first kappa shape index (κ1) is 14.6. The molecule has 1 fully saturated rings. The summed E-state index contributed by atoms with van der Waals surface area (Å²) in [4.78, 5) is 13.6. The van der Waals surface area contributed by atoms with Crippen LogP contribution in [0.15, 0.2) is 12.1 Å². The number of nitrogens with zero attached hydrogens (tertiary/aromatic N) is 1. The zero-order chi connectivity index (χ0) is 15.0. The van der Waals surface area contributed by atoms with Crippen LogP contribution in [0.25, 0.3) is 0 Å². The highest BCUT2D eigenvalue weighted by molar-refractivity contribution is 6.33. The van der Waals surface area contributed by atoms with Gasteiger partial charge in [0.05, 0.1) is 17.3 Å². The smallest absolute Gasteiger partial charge is 0.245 e. The van der Waals surface area contributed by atoms with E-state index in [0.29, 0.717) is 11.6 Å². The number of hydrogen-bond donors (Lipinski definition) is 2. The van der Waals surface area contributed by atoms with Crippen molar-refractivity contribution < 1.29 is 9.53 Å². The first-order valence-corrected chi connectivity index (χ1v) is 7.63. The molecule has 1 heterocycles. The van der Waals surface area contributed by atoms with Crippen molar-refractivity contribution in [2.75, 3.05) is 37.0 Å². The number of hydrogen-bond acceptors (Lipinski definition) is 4. The monoisotopic (exact) mass is 309 g/mol. The van der Waals surface area contributed by atoms with E-state index in [2.05, 4.69) is 5.32 Å². The predicted molar refractivity (Wildman–Crippen MR) is 83.8 cm³/mol. The van der Waals surface area contributed by atoms with E-state index >= 15 is 0 Å². The normalized spacial score (nSPS) is 20.3. The second kappa shape index (κ2) is 5.83. The Morgan fingerprint density at radius 2 is 2.24 bits per heavy atom. The molecule has 3 N–H and O–H groups in total. The second-order valence-corrected chi connectivity index (χ2v) is 6.20. The van der Waals surface area contributed by atoms with Crippen LogP contribution in [-0.2, 0) is 9.53 Å². The Morgan fingerprint density at radius 1 is 1.48 bits per heavy atom. The maximum atomic E-state index is 11.6. The van der Waals surface area contributed by atoms with Gasteiger partial charge in [0.1, 0.15) is 6.04 Å². The number of amides is 1. The first-order chi connectivity index (χ1) is 10.1. The van der Waals surface area contributed by atoms with Crippen LogP contribution in [0.3, 0.4) is 0 Å². The summed E-state index contributed by atoms with van der Waals surface area (Å²) in [6, 6.07) is 3.03. The van der Waals surface area contributed by atoms with E-state index < -0.39 is 6.04 Å². The Kier molecular flexibility index (Phi) is 4.06. The number of nitrogens with one attached hydrogen (secondary N) is 1. The number of ether oxygens (including phenoxy) is 1. The van der Waals surface area contributed by atoms with Crippen molar-refractivity contribution in [1.82, 2.24) is 0 Å². The molecule has 21 heavy (non-hydrogen) atoms. The van der Waals surface area contributed by atoms with Crippen molar-refractivity contribution in [3.05, 3.63) is 22.7 Å². The van der Waals surface area contributed by atoms with E-state index in [1.165, 1.54) is 12.8 Å². The Bertz CT molecular complexity index is 560. The van der Waals surface area contributed by atoms with Crippen LogP contribution < -0.4 is 16.0 Å². The lowest BCUT2D eigenvalue weighted by atomic mass is 10.1. The number of anilines is 2. The fourth-order valence-corrected chi connectivity index (χ4v) is 2.76. The molecule has 2 aliphatic rings. The van der Waals surface area contributed by atoms with E-state index in [0.717, 1.165) is 36.0 Å². The molecule has 1 unspecified atom stereocenters. The molecule has 1 saturated carbocycles. The van der Waals surface area contributed by atoms with Crippen molar-refractivity contribution in [2.45, 2.75) is 18.9 Å².